The molecule has 11 heteroatoms. The van der Waals surface area contributed by atoms with Crippen molar-refractivity contribution in [3.8, 4) is 5.69 Å². The normalized spacial score (nSPS) is 13.7. The van der Waals surface area contributed by atoms with E-state index in [2.05, 4.69) is 20.3 Å². The number of para-hydroxylation sites is 1. The van der Waals surface area contributed by atoms with E-state index in [9.17, 15) is 9.18 Å². The van der Waals surface area contributed by atoms with Crippen LogP contribution in [0.15, 0.2) is 59.8 Å². The van der Waals surface area contributed by atoms with Crippen molar-refractivity contribution < 1.29 is 9.18 Å². The maximum absolute atomic E-state index is 14.2. The summed E-state index contributed by atoms with van der Waals surface area (Å²) in [7, 11) is 0. The molecule has 2 aromatic carbocycles. The number of thioether (sulfide) groups is 1. The summed E-state index contributed by atoms with van der Waals surface area (Å²) >= 11 is 7.50. The molecule has 8 nitrogen and oxygen atoms in total. The van der Waals surface area contributed by atoms with Gasteiger partial charge in [0, 0.05) is 48.3 Å². The Morgan fingerprint density at radius 3 is 2.35 bits per heavy atom. The lowest BCUT2D eigenvalue weighted by Gasteiger charge is -2.36. The van der Waals surface area contributed by atoms with Gasteiger partial charge in [-0.1, -0.05) is 40.7 Å². The molecule has 37 heavy (non-hydrogen) atoms. The molecule has 1 amide bonds. The van der Waals surface area contributed by atoms with Gasteiger partial charge in [-0.3, -0.25) is 4.79 Å². The highest BCUT2D eigenvalue weighted by atomic mass is 35.5. The molecule has 0 aliphatic carbocycles. The van der Waals surface area contributed by atoms with E-state index in [4.69, 9.17) is 11.6 Å². The first-order valence-electron chi connectivity index (χ1n) is 11.8. The van der Waals surface area contributed by atoms with E-state index in [1.54, 1.807) is 33.8 Å². The summed E-state index contributed by atoms with van der Waals surface area (Å²) in [5.74, 6) is -0.0687. The van der Waals surface area contributed by atoms with Crippen molar-refractivity contribution in [2.45, 2.75) is 24.8 Å². The summed E-state index contributed by atoms with van der Waals surface area (Å²) in [6.07, 6.45) is 0. The number of amides is 1. The molecule has 190 valence electrons. The van der Waals surface area contributed by atoms with E-state index in [1.807, 2.05) is 43.0 Å². The largest absolute Gasteiger partial charge is 0.366 e. The minimum absolute atomic E-state index is 0.203. The van der Waals surface area contributed by atoms with Gasteiger partial charge in [0.25, 0.3) is 5.91 Å². The molecular formula is C26H25ClFN7OS. The Hall–Kier alpha value is -3.50. The van der Waals surface area contributed by atoms with Gasteiger partial charge in [-0.2, -0.15) is 0 Å². The molecule has 0 saturated carbocycles. The fourth-order valence-corrected chi connectivity index (χ4v) is 5.35. The number of carbonyl (C=O) groups excluding carboxylic acids is 1. The number of aromatic nitrogens is 5. The topological polar surface area (TPSA) is 80.0 Å². The number of nitrogens with zero attached hydrogens (tertiary/aromatic N) is 7. The number of hydrogen-bond acceptors (Lipinski definition) is 7. The Labute approximate surface area is 223 Å². The van der Waals surface area contributed by atoms with Gasteiger partial charge in [0.15, 0.2) is 10.9 Å². The lowest BCUT2D eigenvalue weighted by molar-refractivity contribution is 0.0739. The maximum atomic E-state index is 14.2. The molecule has 0 N–H and O–H groups in total. The minimum atomic E-state index is -0.263. The third-order valence-corrected chi connectivity index (χ3v) is 7.21. The van der Waals surface area contributed by atoms with Gasteiger partial charge >= 0.3 is 0 Å². The molecular weight excluding hydrogens is 513 g/mol. The first kappa shape index (κ1) is 25.2. The molecule has 1 aliphatic rings. The van der Waals surface area contributed by atoms with Gasteiger partial charge in [0.05, 0.1) is 17.1 Å². The summed E-state index contributed by atoms with van der Waals surface area (Å²) in [6.45, 7) is 5.81. The second-order valence-corrected chi connectivity index (χ2v) is 10.1. The third kappa shape index (κ3) is 5.60. The predicted octanol–water partition coefficient (Wildman–Crippen LogP) is 4.72. The van der Waals surface area contributed by atoms with E-state index in [-0.39, 0.29) is 17.4 Å². The average Bonchev–Trinajstić information content (AvgIpc) is 3.31. The molecule has 0 bridgehead atoms. The number of rotatable bonds is 6. The van der Waals surface area contributed by atoms with E-state index in [0.29, 0.717) is 53.5 Å². The second kappa shape index (κ2) is 10.9. The predicted molar refractivity (Wildman–Crippen MR) is 142 cm³/mol. The van der Waals surface area contributed by atoms with Crippen LogP contribution in [0.2, 0.25) is 5.02 Å². The van der Waals surface area contributed by atoms with E-state index in [1.165, 1.54) is 17.8 Å². The molecule has 0 spiro atoms. The zero-order valence-corrected chi connectivity index (χ0v) is 22.0. The average molecular weight is 538 g/mol. The van der Waals surface area contributed by atoms with E-state index >= 15 is 0 Å². The van der Waals surface area contributed by atoms with Crippen molar-refractivity contribution in [3.05, 3.63) is 88.2 Å². The Morgan fingerprint density at radius 1 is 1.00 bits per heavy atom. The van der Waals surface area contributed by atoms with Gasteiger partial charge in [0.2, 0.25) is 0 Å². The van der Waals surface area contributed by atoms with Crippen LogP contribution in [0.5, 0.6) is 0 Å². The van der Waals surface area contributed by atoms with Crippen LogP contribution in [0.4, 0.5) is 10.1 Å². The lowest BCUT2D eigenvalue weighted by Crippen LogP contribution is -2.49. The third-order valence-electron chi connectivity index (χ3n) is 6.10. The first-order valence-corrected chi connectivity index (χ1v) is 13.2. The summed E-state index contributed by atoms with van der Waals surface area (Å²) in [4.78, 5) is 26.3. The first-order chi connectivity index (χ1) is 17.9. The van der Waals surface area contributed by atoms with Gasteiger partial charge in [-0.25, -0.2) is 19.0 Å². The van der Waals surface area contributed by atoms with Gasteiger partial charge in [-0.15, -0.1) is 5.10 Å². The molecule has 0 unspecified atom stereocenters. The molecule has 2 aromatic heterocycles. The highest BCUT2D eigenvalue weighted by Gasteiger charge is 2.29. The summed E-state index contributed by atoms with van der Waals surface area (Å²) in [5.41, 5.74) is 3.99. The van der Waals surface area contributed by atoms with Crippen LogP contribution >= 0.6 is 23.4 Å². The number of hydrogen-bond donors (Lipinski definition) is 0. The van der Waals surface area contributed by atoms with E-state index < -0.39 is 0 Å². The molecule has 0 radical (unpaired) electrons. The second-order valence-electron chi connectivity index (χ2n) is 8.73. The Kier molecular flexibility index (Phi) is 7.38. The summed E-state index contributed by atoms with van der Waals surface area (Å²) < 4.78 is 15.9. The van der Waals surface area contributed by atoms with Crippen molar-refractivity contribution in [2.24, 2.45) is 0 Å². The van der Waals surface area contributed by atoms with Crippen LogP contribution in [0, 0.1) is 19.7 Å². The SMILES string of the molecule is Cc1cc(C)nc(SCc2c(C(=O)N3CCN(c4ccccc4F)CC3)nnn2-c2ccc(Cl)cc2)n1. The Morgan fingerprint density at radius 2 is 1.68 bits per heavy atom. The number of benzene rings is 2. The molecule has 0 atom stereocenters. The maximum Gasteiger partial charge on any atom is 0.276 e. The van der Waals surface area contributed by atoms with Crippen molar-refractivity contribution in [2.75, 3.05) is 31.1 Å². The smallest absolute Gasteiger partial charge is 0.276 e. The lowest BCUT2D eigenvalue weighted by atomic mass is 10.2. The quantitative estimate of drug-likeness (QED) is 0.260. The fraction of sp³-hybridized carbons (Fsp3) is 0.269. The van der Waals surface area contributed by atoms with Gasteiger partial charge in [0.1, 0.15) is 5.82 Å². The highest BCUT2D eigenvalue weighted by molar-refractivity contribution is 7.98. The number of aryl methyl sites for hydroxylation is 2. The Bertz CT molecular complexity index is 1400. The molecule has 1 saturated heterocycles. The number of piperazine rings is 1. The van der Waals surface area contributed by atoms with Crippen LogP contribution in [0.3, 0.4) is 0 Å². The molecule has 1 aliphatic heterocycles. The van der Waals surface area contributed by atoms with Crippen LogP contribution in [0.1, 0.15) is 27.6 Å². The summed E-state index contributed by atoms with van der Waals surface area (Å²) in [5, 5.41) is 9.83. The molecule has 5 rings (SSSR count). The summed E-state index contributed by atoms with van der Waals surface area (Å²) in [6, 6.07) is 15.8. The van der Waals surface area contributed by atoms with Crippen LogP contribution < -0.4 is 4.90 Å². The van der Waals surface area contributed by atoms with Crippen molar-refractivity contribution in [3.63, 3.8) is 0 Å². The zero-order chi connectivity index (χ0) is 25.9. The standard InChI is InChI=1S/C26H25ClFN7OS/c1-17-15-18(2)30-26(29-17)37-16-23-24(31-32-35(23)20-9-7-19(27)8-10-20)25(36)34-13-11-33(12-14-34)22-6-4-3-5-21(22)28/h3-10,15H,11-14,16H2,1-2H3. The fourth-order valence-electron chi connectivity index (χ4n) is 4.29. The molecule has 1 fully saturated rings. The highest BCUT2D eigenvalue weighted by Crippen LogP contribution is 2.26. The zero-order valence-electron chi connectivity index (χ0n) is 20.4. The van der Waals surface area contributed by atoms with Crippen molar-refractivity contribution in [1.82, 2.24) is 29.9 Å². The monoisotopic (exact) mass is 537 g/mol. The van der Waals surface area contributed by atoms with E-state index in [0.717, 1.165) is 17.1 Å². The molecule has 3 heterocycles. The van der Waals surface area contributed by atoms with Crippen molar-refractivity contribution in [1.29, 1.82) is 0 Å². The Balaban J connectivity index is 1.39. The minimum Gasteiger partial charge on any atom is -0.366 e. The van der Waals surface area contributed by atoms with Crippen molar-refractivity contribution >= 4 is 35.0 Å². The number of anilines is 1. The molecule has 4 aromatic rings. The van der Waals surface area contributed by atoms with Crippen LogP contribution in [0.25, 0.3) is 5.69 Å². The van der Waals surface area contributed by atoms with Crippen LogP contribution in [-0.2, 0) is 5.75 Å². The van der Waals surface area contributed by atoms with Gasteiger partial charge < -0.3 is 9.80 Å². The van der Waals surface area contributed by atoms with Crippen LogP contribution in [-0.4, -0.2) is 61.9 Å². The number of halogens is 2. The number of carbonyl (C=O) groups is 1. The van der Waals surface area contributed by atoms with Gasteiger partial charge in [-0.05, 0) is 56.3 Å².